The summed E-state index contributed by atoms with van der Waals surface area (Å²) in [5, 5.41) is 9.84. The van der Waals surface area contributed by atoms with E-state index in [1.165, 1.54) is 42.1 Å². The zero-order valence-corrected chi connectivity index (χ0v) is 9.26. The predicted octanol–water partition coefficient (Wildman–Crippen LogP) is 2.81. The summed E-state index contributed by atoms with van der Waals surface area (Å²) in [4.78, 5) is 4.27. The lowest BCUT2D eigenvalue weighted by Gasteiger charge is -2.10. The normalized spacial score (nSPS) is 12.8. The zero-order chi connectivity index (χ0) is 11.7. The van der Waals surface area contributed by atoms with Gasteiger partial charge >= 0.3 is 0 Å². The van der Waals surface area contributed by atoms with E-state index in [-0.39, 0.29) is 11.1 Å². The Morgan fingerprint density at radius 2 is 2.06 bits per heavy atom. The number of halogens is 2. The van der Waals surface area contributed by atoms with Gasteiger partial charge in [-0.15, -0.1) is 11.3 Å². The smallest absolute Gasteiger partial charge is 0.165 e. The van der Waals surface area contributed by atoms with Gasteiger partial charge in [-0.3, -0.25) is 4.98 Å². The summed E-state index contributed by atoms with van der Waals surface area (Å²) >= 11 is 1.19. The molecule has 16 heavy (non-hydrogen) atoms. The molecule has 0 radical (unpaired) electrons. The van der Waals surface area contributed by atoms with Crippen LogP contribution in [0.25, 0.3) is 0 Å². The van der Waals surface area contributed by atoms with E-state index in [0.717, 1.165) is 0 Å². The van der Waals surface area contributed by atoms with Crippen molar-refractivity contribution < 1.29 is 13.9 Å². The number of aryl methyl sites for hydroxylation is 1. The molecule has 2 rings (SSSR count). The minimum absolute atomic E-state index is 0.0626. The van der Waals surface area contributed by atoms with Crippen LogP contribution >= 0.6 is 11.3 Å². The van der Waals surface area contributed by atoms with Crippen molar-refractivity contribution in [2.45, 2.75) is 13.0 Å². The van der Waals surface area contributed by atoms with E-state index in [1.54, 1.807) is 0 Å². The van der Waals surface area contributed by atoms with Gasteiger partial charge in [-0.2, -0.15) is 0 Å². The molecular formula is C11H9F2NOS. The number of aromatic nitrogens is 1. The first-order chi connectivity index (χ1) is 7.61. The van der Waals surface area contributed by atoms with Gasteiger partial charge in [-0.1, -0.05) is 12.1 Å². The quantitative estimate of drug-likeness (QED) is 0.877. The molecule has 0 aliphatic carbocycles. The summed E-state index contributed by atoms with van der Waals surface area (Å²) in [6, 6.07) is 2.83. The molecule has 1 aromatic carbocycles. The highest BCUT2D eigenvalue weighted by molar-refractivity contribution is 7.09. The lowest BCUT2D eigenvalue weighted by Crippen LogP contribution is -2.03. The average molecular weight is 241 g/mol. The highest BCUT2D eigenvalue weighted by Gasteiger charge is 2.19. The highest BCUT2D eigenvalue weighted by atomic mass is 32.1. The van der Waals surface area contributed by atoms with Crippen LogP contribution in [-0.4, -0.2) is 10.1 Å². The molecule has 5 heteroatoms. The Morgan fingerprint density at radius 3 is 2.69 bits per heavy atom. The number of rotatable bonds is 2. The van der Waals surface area contributed by atoms with Crippen LogP contribution in [0.3, 0.4) is 0 Å². The van der Waals surface area contributed by atoms with Crippen molar-refractivity contribution in [2.24, 2.45) is 0 Å². The Kier molecular flexibility index (Phi) is 2.98. The Labute approximate surface area is 95.2 Å². The molecule has 0 fully saturated rings. The zero-order valence-electron chi connectivity index (χ0n) is 8.45. The maximum absolute atomic E-state index is 13.6. The molecule has 2 aromatic rings. The number of hydrogen-bond donors (Lipinski definition) is 1. The first-order valence-electron chi connectivity index (χ1n) is 4.62. The molecule has 1 N–H and O–H groups in total. The van der Waals surface area contributed by atoms with Crippen molar-refractivity contribution in [3.8, 4) is 0 Å². The fourth-order valence-electron chi connectivity index (χ4n) is 1.39. The number of aliphatic hydroxyl groups excluding tert-OH is 1. The molecule has 0 aliphatic heterocycles. The van der Waals surface area contributed by atoms with Crippen LogP contribution in [-0.2, 0) is 0 Å². The summed E-state index contributed by atoms with van der Waals surface area (Å²) in [6.45, 7) is 1.47. The third-order valence-corrected chi connectivity index (χ3v) is 3.15. The minimum atomic E-state index is -1.16. The number of aliphatic hydroxyl groups is 1. The van der Waals surface area contributed by atoms with Crippen LogP contribution in [0.2, 0.25) is 0 Å². The van der Waals surface area contributed by atoms with E-state index in [2.05, 4.69) is 4.98 Å². The largest absolute Gasteiger partial charge is 0.383 e. The topological polar surface area (TPSA) is 33.1 Å². The molecular weight excluding hydrogens is 232 g/mol. The summed E-state index contributed by atoms with van der Waals surface area (Å²) in [7, 11) is 0. The van der Waals surface area contributed by atoms with E-state index in [9.17, 15) is 13.9 Å². The van der Waals surface area contributed by atoms with Crippen molar-refractivity contribution in [2.75, 3.05) is 0 Å². The Balaban J connectivity index is 2.45. The van der Waals surface area contributed by atoms with Gasteiger partial charge in [-0.25, -0.2) is 8.78 Å². The lowest BCUT2D eigenvalue weighted by molar-refractivity contribution is 0.216. The average Bonchev–Trinajstić information content (AvgIpc) is 2.79. The second-order valence-electron chi connectivity index (χ2n) is 3.41. The molecule has 0 aliphatic rings. The van der Waals surface area contributed by atoms with Crippen LogP contribution in [0, 0.1) is 18.6 Å². The SMILES string of the molecule is Cc1ccc(C(O)c2cncs2)c(F)c1F. The van der Waals surface area contributed by atoms with Gasteiger partial charge in [0.25, 0.3) is 0 Å². The first kappa shape index (κ1) is 11.2. The maximum Gasteiger partial charge on any atom is 0.165 e. The number of hydrogen-bond acceptors (Lipinski definition) is 3. The van der Waals surface area contributed by atoms with Crippen molar-refractivity contribution in [3.05, 3.63) is 51.5 Å². The molecule has 0 saturated carbocycles. The lowest BCUT2D eigenvalue weighted by atomic mass is 10.1. The molecule has 0 spiro atoms. The summed E-state index contributed by atoms with van der Waals surface area (Å²) in [5.74, 6) is -1.91. The molecule has 1 heterocycles. The van der Waals surface area contributed by atoms with Gasteiger partial charge in [0.1, 0.15) is 6.10 Å². The molecule has 2 nitrogen and oxygen atoms in total. The predicted molar refractivity (Wildman–Crippen MR) is 57.3 cm³/mol. The molecule has 0 bridgehead atoms. The molecule has 0 saturated heterocycles. The fraction of sp³-hybridized carbons (Fsp3) is 0.182. The van der Waals surface area contributed by atoms with E-state index < -0.39 is 17.7 Å². The summed E-state index contributed by atoms with van der Waals surface area (Å²) < 4.78 is 26.8. The summed E-state index contributed by atoms with van der Waals surface area (Å²) in [6.07, 6.45) is 0.273. The van der Waals surface area contributed by atoms with E-state index in [4.69, 9.17) is 0 Å². The first-order valence-corrected chi connectivity index (χ1v) is 5.50. The van der Waals surface area contributed by atoms with Crippen molar-refractivity contribution in [3.63, 3.8) is 0 Å². The maximum atomic E-state index is 13.6. The summed E-state index contributed by atoms with van der Waals surface area (Å²) in [5.41, 5.74) is 1.69. The van der Waals surface area contributed by atoms with Crippen molar-refractivity contribution in [1.82, 2.24) is 4.98 Å². The molecule has 1 unspecified atom stereocenters. The second kappa shape index (κ2) is 4.27. The van der Waals surface area contributed by atoms with Gasteiger partial charge in [0.15, 0.2) is 11.6 Å². The van der Waals surface area contributed by atoms with Crippen LogP contribution < -0.4 is 0 Å². The molecule has 1 aromatic heterocycles. The monoisotopic (exact) mass is 241 g/mol. The Bertz CT molecular complexity index is 499. The van der Waals surface area contributed by atoms with E-state index in [0.29, 0.717) is 4.88 Å². The number of benzene rings is 1. The van der Waals surface area contributed by atoms with E-state index >= 15 is 0 Å². The molecule has 1 atom stereocenters. The van der Waals surface area contributed by atoms with Crippen molar-refractivity contribution >= 4 is 11.3 Å². The van der Waals surface area contributed by atoms with Gasteiger partial charge < -0.3 is 5.11 Å². The van der Waals surface area contributed by atoms with E-state index in [1.807, 2.05) is 0 Å². The van der Waals surface area contributed by atoms with Gasteiger partial charge in [-0.05, 0) is 12.5 Å². The number of thiazole rings is 1. The van der Waals surface area contributed by atoms with Crippen LogP contribution in [0.15, 0.2) is 23.8 Å². The Morgan fingerprint density at radius 1 is 1.31 bits per heavy atom. The molecule has 0 amide bonds. The number of nitrogens with zero attached hydrogens (tertiary/aromatic N) is 1. The van der Waals surface area contributed by atoms with Crippen LogP contribution in [0.5, 0.6) is 0 Å². The van der Waals surface area contributed by atoms with Gasteiger partial charge in [0.2, 0.25) is 0 Å². The third-order valence-electron chi connectivity index (χ3n) is 2.32. The Hall–Kier alpha value is -1.33. The minimum Gasteiger partial charge on any atom is -0.383 e. The van der Waals surface area contributed by atoms with Crippen LogP contribution in [0.4, 0.5) is 8.78 Å². The van der Waals surface area contributed by atoms with Crippen LogP contribution in [0.1, 0.15) is 22.1 Å². The second-order valence-corrected chi connectivity index (χ2v) is 4.32. The van der Waals surface area contributed by atoms with Gasteiger partial charge in [0.05, 0.1) is 10.4 Å². The highest BCUT2D eigenvalue weighted by Crippen LogP contribution is 2.28. The third kappa shape index (κ3) is 1.83. The molecule has 84 valence electrons. The fourth-order valence-corrected chi connectivity index (χ4v) is 2.01. The van der Waals surface area contributed by atoms with Gasteiger partial charge in [0, 0.05) is 11.8 Å². The van der Waals surface area contributed by atoms with Crippen molar-refractivity contribution in [1.29, 1.82) is 0 Å². The standard InChI is InChI=1S/C11H9F2NOS/c1-6-2-3-7(10(13)9(6)12)11(15)8-4-14-5-16-8/h2-5,11,15H,1H3.